The standard InChI is InChI=1S/C16H19N3O5S2/c1-17-26(23,24)15-9-4-6-12(10-15)16(20)18-13-7-5-8-14(11-13)19(2)25(3,21)22/h4-11,17H,1-3H3,(H,18,20). The first-order valence-corrected chi connectivity index (χ1v) is 10.8. The molecule has 0 bridgehead atoms. The Balaban J connectivity index is 2.28. The van der Waals surface area contributed by atoms with Gasteiger partial charge in [-0.15, -0.1) is 0 Å². The molecule has 2 rings (SSSR count). The summed E-state index contributed by atoms with van der Waals surface area (Å²) in [5, 5.41) is 2.63. The summed E-state index contributed by atoms with van der Waals surface area (Å²) >= 11 is 0. The molecule has 0 aliphatic rings. The monoisotopic (exact) mass is 397 g/mol. The number of anilines is 2. The van der Waals surface area contributed by atoms with E-state index in [9.17, 15) is 21.6 Å². The quantitative estimate of drug-likeness (QED) is 0.762. The summed E-state index contributed by atoms with van der Waals surface area (Å²) in [7, 11) is -4.41. The largest absolute Gasteiger partial charge is 0.322 e. The van der Waals surface area contributed by atoms with Crippen molar-refractivity contribution in [1.29, 1.82) is 0 Å². The SMILES string of the molecule is CNS(=O)(=O)c1cccc(C(=O)Nc2cccc(N(C)S(C)(=O)=O)c2)c1. The van der Waals surface area contributed by atoms with Crippen LogP contribution in [0, 0.1) is 0 Å². The molecule has 2 aromatic rings. The highest BCUT2D eigenvalue weighted by Gasteiger charge is 2.16. The molecule has 140 valence electrons. The van der Waals surface area contributed by atoms with Crippen molar-refractivity contribution < 1.29 is 21.6 Å². The van der Waals surface area contributed by atoms with Gasteiger partial charge in [0.1, 0.15) is 0 Å². The van der Waals surface area contributed by atoms with Crippen molar-refractivity contribution in [3.8, 4) is 0 Å². The van der Waals surface area contributed by atoms with Gasteiger partial charge >= 0.3 is 0 Å². The fourth-order valence-electron chi connectivity index (χ4n) is 2.10. The number of nitrogens with zero attached hydrogens (tertiary/aromatic N) is 1. The van der Waals surface area contributed by atoms with E-state index in [4.69, 9.17) is 0 Å². The van der Waals surface area contributed by atoms with Crippen molar-refractivity contribution in [1.82, 2.24) is 4.72 Å². The maximum atomic E-state index is 12.4. The van der Waals surface area contributed by atoms with Gasteiger partial charge in [0.25, 0.3) is 5.91 Å². The average Bonchev–Trinajstić information content (AvgIpc) is 2.60. The lowest BCUT2D eigenvalue weighted by atomic mass is 10.2. The van der Waals surface area contributed by atoms with Crippen LogP contribution in [0.1, 0.15) is 10.4 Å². The first kappa shape index (κ1) is 19.9. The molecular formula is C16H19N3O5S2. The molecule has 0 radical (unpaired) electrons. The van der Waals surface area contributed by atoms with Crippen LogP contribution in [0.2, 0.25) is 0 Å². The number of rotatable bonds is 6. The molecule has 0 unspecified atom stereocenters. The molecule has 0 aliphatic heterocycles. The average molecular weight is 397 g/mol. The van der Waals surface area contributed by atoms with Crippen molar-refractivity contribution in [2.75, 3.05) is 30.0 Å². The zero-order valence-electron chi connectivity index (χ0n) is 14.4. The normalized spacial score (nSPS) is 11.8. The molecule has 0 atom stereocenters. The number of hydrogen-bond donors (Lipinski definition) is 2. The van der Waals surface area contributed by atoms with E-state index in [0.717, 1.165) is 10.6 Å². The molecular weight excluding hydrogens is 378 g/mol. The predicted octanol–water partition coefficient (Wildman–Crippen LogP) is 1.24. The minimum absolute atomic E-state index is 0.0294. The van der Waals surface area contributed by atoms with Crippen molar-refractivity contribution >= 4 is 37.3 Å². The summed E-state index contributed by atoms with van der Waals surface area (Å²) < 4.78 is 50.2. The molecule has 1 amide bonds. The smallest absolute Gasteiger partial charge is 0.255 e. The summed E-state index contributed by atoms with van der Waals surface area (Å²) in [6.07, 6.45) is 1.08. The predicted molar refractivity (Wildman–Crippen MR) is 100 cm³/mol. The Morgan fingerprint density at radius 2 is 1.65 bits per heavy atom. The van der Waals surface area contributed by atoms with Crippen LogP contribution < -0.4 is 14.3 Å². The van der Waals surface area contributed by atoms with Crippen LogP contribution in [0.25, 0.3) is 0 Å². The molecule has 2 N–H and O–H groups in total. The van der Waals surface area contributed by atoms with Crippen LogP contribution in [0.5, 0.6) is 0 Å². The Morgan fingerprint density at radius 3 is 2.27 bits per heavy atom. The van der Waals surface area contributed by atoms with E-state index < -0.39 is 26.0 Å². The van der Waals surface area contributed by atoms with Gasteiger partial charge in [-0.25, -0.2) is 21.6 Å². The molecule has 26 heavy (non-hydrogen) atoms. The number of hydrogen-bond acceptors (Lipinski definition) is 5. The number of benzene rings is 2. The molecule has 0 heterocycles. The molecule has 0 saturated heterocycles. The van der Waals surface area contributed by atoms with Gasteiger partial charge < -0.3 is 5.32 Å². The van der Waals surface area contributed by atoms with Gasteiger partial charge in [0, 0.05) is 18.3 Å². The molecule has 0 aromatic heterocycles. The Kier molecular flexibility index (Phi) is 5.69. The zero-order valence-corrected chi connectivity index (χ0v) is 16.1. The third-order valence-corrected chi connectivity index (χ3v) is 6.26. The van der Waals surface area contributed by atoms with Crippen molar-refractivity contribution in [3.63, 3.8) is 0 Å². The molecule has 10 heteroatoms. The molecule has 8 nitrogen and oxygen atoms in total. The van der Waals surface area contributed by atoms with Gasteiger partial charge in [-0.3, -0.25) is 9.10 Å². The third-order valence-electron chi connectivity index (χ3n) is 3.64. The van der Waals surface area contributed by atoms with Crippen LogP contribution in [-0.2, 0) is 20.0 Å². The zero-order chi connectivity index (χ0) is 19.5. The molecule has 0 spiro atoms. The second-order valence-corrected chi connectivity index (χ2v) is 9.37. The lowest BCUT2D eigenvalue weighted by molar-refractivity contribution is 0.102. The second-order valence-electron chi connectivity index (χ2n) is 5.47. The Labute approximate surface area is 152 Å². The highest BCUT2D eigenvalue weighted by molar-refractivity contribution is 7.92. The highest BCUT2D eigenvalue weighted by atomic mass is 32.2. The van der Waals surface area contributed by atoms with Crippen LogP contribution in [0.3, 0.4) is 0 Å². The maximum absolute atomic E-state index is 12.4. The lowest BCUT2D eigenvalue weighted by Gasteiger charge is -2.17. The van der Waals surface area contributed by atoms with E-state index in [2.05, 4.69) is 10.0 Å². The first-order valence-electron chi connectivity index (χ1n) is 7.43. The third kappa shape index (κ3) is 4.59. The lowest BCUT2D eigenvalue weighted by Crippen LogP contribution is -2.25. The van der Waals surface area contributed by atoms with E-state index >= 15 is 0 Å². The first-order chi connectivity index (χ1) is 12.0. The summed E-state index contributed by atoms with van der Waals surface area (Å²) in [4.78, 5) is 12.4. The summed E-state index contributed by atoms with van der Waals surface area (Å²) in [6, 6.07) is 11.9. The minimum atomic E-state index is -3.66. The molecule has 0 aliphatic carbocycles. The molecule has 2 aromatic carbocycles. The Morgan fingerprint density at radius 1 is 1.00 bits per heavy atom. The number of nitrogens with one attached hydrogen (secondary N) is 2. The summed E-state index contributed by atoms with van der Waals surface area (Å²) in [5.41, 5.74) is 0.921. The van der Waals surface area contributed by atoms with Crippen molar-refractivity contribution in [2.45, 2.75) is 4.90 Å². The van der Waals surface area contributed by atoms with Gasteiger partial charge in [0.2, 0.25) is 20.0 Å². The van der Waals surface area contributed by atoms with Gasteiger partial charge in [-0.1, -0.05) is 12.1 Å². The van der Waals surface area contributed by atoms with Gasteiger partial charge in [0.15, 0.2) is 0 Å². The van der Waals surface area contributed by atoms with E-state index in [0.29, 0.717) is 11.4 Å². The minimum Gasteiger partial charge on any atom is -0.322 e. The van der Waals surface area contributed by atoms with Crippen LogP contribution >= 0.6 is 0 Å². The van der Waals surface area contributed by atoms with Crippen LogP contribution in [0.15, 0.2) is 53.4 Å². The summed E-state index contributed by atoms with van der Waals surface area (Å²) in [5.74, 6) is -0.516. The van der Waals surface area contributed by atoms with Crippen molar-refractivity contribution in [3.05, 3.63) is 54.1 Å². The van der Waals surface area contributed by atoms with E-state index in [-0.39, 0.29) is 10.5 Å². The van der Waals surface area contributed by atoms with E-state index in [1.54, 1.807) is 18.2 Å². The maximum Gasteiger partial charge on any atom is 0.255 e. The Bertz CT molecular complexity index is 1030. The van der Waals surface area contributed by atoms with Crippen LogP contribution in [-0.4, -0.2) is 43.1 Å². The summed E-state index contributed by atoms with van der Waals surface area (Å²) in [6.45, 7) is 0. The second kappa shape index (κ2) is 7.44. The van der Waals surface area contributed by atoms with E-state index in [1.165, 1.54) is 44.4 Å². The van der Waals surface area contributed by atoms with Crippen molar-refractivity contribution in [2.24, 2.45) is 0 Å². The molecule has 0 saturated carbocycles. The highest BCUT2D eigenvalue weighted by Crippen LogP contribution is 2.21. The number of sulfonamides is 2. The van der Waals surface area contributed by atoms with Crippen LogP contribution in [0.4, 0.5) is 11.4 Å². The topological polar surface area (TPSA) is 113 Å². The van der Waals surface area contributed by atoms with E-state index in [1.807, 2.05) is 0 Å². The van der Waals surface area contributed by atoms with Gasteiger partial charge in [-0.2, -0.15) is 0 Å². The number of carbonyl (C=O) groups is 1. The Hall–Kier alpha value is -2.43. The fraction of sp³-hybridized carbons (Fsp3) is 0.188. The van der Waals surface area contributed by atoms with Gasteiger partial charge in [-0.05, 0) is 43.4 Å². The fourth-order valence-corrected chi connectivity index (χ4v) is 3.37. The number of amides is 1. The molecule has 0 fully saturated rings. The number of carbonyl (C=O) groups excluding carboxylic acids is 1. The van der Waals surface area contributed by atoms with Gasteiger partial charge in [0.05, 0.1) is 16.8 Å².